The molecular formula is C12H21N3O. The van der Waals surface area contributed by atoms with E-state index in [1.807, 2.05) is 0 Å². The van der Waals surface area contributed by atoms with E-state index in [4.69, 9.17) is 0 Å². The third kappa shape index (κ3) is 2.36. The van der Waals surface area contributed by atoms with Crippen molar-refractivity contribution < 1.29 is 0 Å². The number of nitrogens with one attached hydrogen (secondary N) is 2. The Kier molecular flexibility index (Phi) is 2.91. The van der Waals surface area contributed by atoms with Gasteiger partial charge in [0.15, 0.2) is 0 Å². The summed E-state index contributed by atoms with van der Waals surface area (Å²) < 4.78 is 0. The molecule has 0 radical (unpaired) electrons. The van der Waals surface area contributed by atoms with Crippen molar-refractivity contribution in [2.75, 3.05) is 0 Å². The second kappa shape index (κ2) is 4.07. The Morgan fingerprint density at radius 1 is 1.19 bits per heavy atom. The van der Waals surface area contributed by atoms with E-state index in [-0.39, 0.29) is 5.69 Å². The van der Waals surface area contributed by atoms with Gasteiger partial charge in [-0.25, -0.2) is 9.89 Å². The highest BCUT2D eigenvalue weighted by atomic mass is 16.1. The number of hydrogen-bond donors (Lipinski definition) is 2. The molecule has 16 heavy (non-hydrogen) atoms. The van der Waals surface area contributed by atoms with Crippen LogP contribution < -0.4 is 5.69 Å². The van der Waals surface area contributed by atoms with Gasteiger partial charge in [-0.1, -0.05) is 20.8 Å². The van der Waals surface area contributed by atoms with Crippen LogP contribution in [0.3, 0.4) is 0 Å². The minimum absolute atomic E-state index is 0.187. The first-order valence-electron chi connectivity index (χ1n) is 6.11. The number of rotatable bonds is 1. The molecule has 0 atom stereocenters. The first-order chi connectivity index (χ1) is 7.47. The number of H-pyrrole nitrogens is 2. The quantitative estimate of drug-likeness (QED) is 0.768. The van der Waals surface area contributed by atoms with E-state index < -0.39 is 0 Å². The van der Waals surface area contributed by atoms with Gasteiger partial charge in [-0.05, 0) is 37.0 Å². The number of aromatic amines is 2. The average molecular weight is 223 g/mol. The van der Waals surface area contributed by atoms with Gasteiger partial charge in [0, 0.05) is 5.92 Å². The zero-order chi connectivity index (χ0) is 11.8. The fourth-order valence-corrected chi connectivity index (χ4v) is 2.71. The summed E-state index contributed by atoms with van der Waals surface area (Å²) in [4.78, 5) is 13.8. The first-order valence-corrected chi connectivity index (χ1v) is 6.11. The van der Waals surface area contributed by atoms with Gasteiger partial charge in [-0.2, -0.15) is 5.10 Å². The third-order valence-corrected chi connectivity index (χ3v) is 3.86. The van der Waals surface area contributed by atoms with E-state index in [1.165, 1.54) is 12.8 Å². The second-order valence-electron chi connectivity index (χ2n) is 5.98. The van der Waals surface area contributed by atoms with Crippen LogP contribution in [-0.4, -0.2) is 15.2 Å². The average Bonchev–Trinajstić information content (AvgIpc) is 2.64. The van der Waals surface area contributed by atoms with Crippen LogP contribution in [0.2, 0.25) is 0 Å². The Bertz CT molecular complexity index is 391. The highest BCUT2D eigenvalue weighted by molar-refractivity contribution is 4.96. The molecule has 1 aromatic rings. The molecule has 1 aromatic heterocycles. The van der Waals surface area contributed by atoms with Crippen LogP contribution in [0, 0.1) is 11.3 Å². The molecule has 1 heterocycles. The molecule has 1 aliphatic rings. The van der Waals surface area contributed by atoms with Crippen LogP contribution in [0.4, 0.5) is 0 Å². The maximum absolute atomic E-state index is 11.0. The molecule has 2 rings (SSSR count). The van der Waals surface area contributed by atoms with Crippen molar-refractivity contribution in [2.45, 2.75) is 52.4 Å². The second-order valence-corrected chi connectivity index (χ2v) is 5.98. The van der Waals surface area contributed by atoms with Crippen molar-refractivity contribution in [1.29, 1.82) is 0 Å². The first kappa shape index (κ1) is 11.4. The molecule has 4 heteroatoms. The SMILES string of the molecule is CC(C)(C)C1CCC(c2n[nH]c(=O)[nH]2)CC1. The largest absolute Gasteiger partial charge is 0.340 e. The topological polar surface area (TPSA) is 61.5 Å². The van der Waals surface area contributed by atoms with Crippen LogP contribution in [0.25, 0.3) is 0 Å². The van der Waals surface area contributed by atoms with Gasteiger partial charge in [0.2, 0.25) is 0 Å². The zero-order valence-electron chi connectivity index (χ0n) is 10.3. The van der Waals surface area contributed by atoms with E-state index in [0.717, 1.165) is 24.6 Å². The lowest BCUT2D eigenvalue weighted by molar-refractivity contribution is 0.167. The lowest BCUT2D eigenvalue weighted by Gasteiger charge is -2.36. The summed E-state index contributed by atoms with van der Waals surface area (Å²) in [6, 6.07) is 0. The Morgan fingerprint density at radius 2 is 1.81 bits per heavy atom. The molecule has 0 aliphatic heterocycles. The summed E-state index contributed by atoms with van der Waals surface area (Å²) in [5.41, 5.74) is 0.220. The van der Waals surface area contributed by atoms with Crippen molar-refractivity contribution in [3.05, 3.63) is 16.3 Å². The van der Waals surface area contributed by atoms with Crippen molar-refractivity contribution in [3.63, 3.8) is 0 Å². The van der Waals surface area contributed by atoms with E-state index in [2.05, 4.69) is 36.0 Å². The van der Waals surface area contributed by atoms with Crippen molar-refractivity contribution in [1.82, 2.24) is 15.2 Å². The van der Waals surface area contributed by atoms with Gasteiger partial charge in [-0.15, -0.1) is 0 Å². The Hall–Kier alpha value is -1.06. The summed E-state index contributed by atoms with van der Waals surface area (Å²) in [6.45, 7) is 6.94. The van der Waals surface area contributed by atoms with Crippen LogP contribution in [0.1, 0.15) is 58.2 Å². The maximum Gasteiger partial charge on any atom is 0.340 e. The predicted molar refractivity (Wildman–Crippen MR) is 63.4 cm³/mol. The molecule has 2 N–H and O–H groups in total. The number of aromatic nitrogens is 3. The fraction of sp³-hybridized carbons (Fsp3) is 0.833. The molecule has 4 nitrogen and oxygen atoms in total. The summed E-state index contributed by atoms with van der Waals surface area (Å²) in [5, 5.41) is 6.48. The molecular weight excluding hydrogens is 202 g/mol. The fourth-order valence-electron chi connectivity index (χ4n) is 2.71. The van der Waals surface area contributed by atoms with Crippen LogP contribution in [-0.2, 0) is 0 Å². The van der Waals surface area contributed by atoms with Gasteiger partial charge in [0.05, 0.1) is 0 Å². The summed E-state index contributed by atoms with van der Waals surface area (Å²) in [7, 11) is 0. The van der Waals surface area contributed by atoms with Gasteiger partial charge >= 0.3 is 5.69 Å². The van der Waals surface area contributed by atoms with Gasteiger partial charge in [0.25, 0.3) is 0 Å². The lowest BCUT2D eigenvalue weighted by Crippen LogP contribution is -2.25. The molecule has 0 spiro atoms. The number of nitrogens with zero attached hydrogens (tertiary/aromatic N) is 1. The highest BCUT2D eigenvalue weighted by Gasteiger charge is 2.31. The molecule has 1 saturated carbocycles. The Morgan fingerprint density at radius 3 is 2.25 bits per heavy atom. The van der Waals surface area contributed by atoms with Crippen molar-refractivity contribution in [2.24, 2.45) is 11.3 Å². The zero-order valence-corrected chi connectivity index (χ0v) is 10.3. The van der Waals surface area contributed by atoms with E-state index in [0.29, 0.717) is 11.3 Å². The number of hydrogen-bond acceptors (Lipinski definition) is 2. The lowest BCUT2D eigenvalue weighted by atomic mass is 9.70. The van der Waals surface area contributed by atoms with Crippen LogP contribution in [0.5, 0.6) is 0 Å². The molecule has 0 saturated heterocycles. The van der Waals surface area contributed by atoms with Crippen LogP contribution >= 0.6 is 0 Å². The highest BCUT2D eigenvalue weighted by Crippen LogP contribution is 2.42. The molecule has 1 aliphatic carbocycles. The molecule has 90 valence electrons. The minimum Gasteiger partial charge on any atom is -0.293 e. The Labute approximate surface area is 95.9 Å². The van der Waals surface area contributed by atoms with Gasteiger partial charge in [-0.3, -0.25) is 4.98 Å². The smallest absolute Gasteiger partial charge is 0.293 e. The summed E-state index contributed by atoms with van der Waals surface area (Å²) in [6.07, 6.45) is 4.76. The molecule has 0 unspecified atom stereocenters. The molecule has 0 amide bonds. The van der Waals surface area contributed by atoms with Gasteiger partial charge in [0.1, 0.15) is 5.82 Å². The maximum atomic E-state index is 11.0. The molecule has 0 bridgehead atoms. The monoisotopic (exact) mass is 223 g/mol. The molecule has 1 fully saturated rings. The predicted octanol–water partition coefficient (Wildman–Crippen LogP) is 2.42. The summed E-state index contributed by atoms with van der Waals surface area (Å²) >= 11 is 0. The minimum atomic E-state index is -0.187. The van der Waals surface area contributed by atoms with Crippen LogP contribution in [0.15, 0.2) is 4.79 Å². The van der Waals surface area contributed by atoms with Crippen molar-refractivity contribution in [3.8, 4) is 0 Å². The normalized spacial score (nSPS) is 26.9. The van der Waals surface area contributed by atoms with E-state index >= 15 is 0 Å². The standard InChI is InChI=1S/C12H21N3O/c1-12(2,3)9-6-4-8(5-7-9)10-13-11(16)15-14-10/h8-9H,4-7H2,1-3H3,(H2,13,14,15,16). The van der Waals surface area contributed by atoms with Gasteiger partial charge < -0.3 is 0 Å². The Balaban J connectivity index is 1.98. The third-order valence-electron chi connectivity index (χ3n) is 3.86. The summed E-state index contributed by atoms with van der Waals surface area (Å²) in [5.74, 6) is 2.09. The van der Waals surface area contributed by atoms with E-state index in [1.54, 1.807) is 0 Å². The van der Waals surface area contributed by atoms with Crippen molar-refractivity contribution >= 4 is 0 Å². The van der Waals surface area contributed by atoms with E-state index in [9.17, 15) is 4.79 Å². The molecule has 0 aromatic carbocycles.